The summed E-state index contributed by atoms with van der Waals surface area (Å²) in [5.41, 5.74) is 7.18. The summed E-state index contributed by atoms with van der Waals surface area (Å²) in [5.74, 6) is 0.363. The Morgan fingerprint density at radius 2 is 1.88 bits per heavy atom. The summed E-state index contributed by atoms with van der Waals surface area (Å²) in [5, 5.41) is 0.234. The van der Waals surface area contributed by atoms with Crippen molar-refractivity contribution in [2.24, 2.45) is 11.7 Å². The fourth-order valence-electron chi connectivity index (χ4n) is 2.31. The normalized spacial score (nSPS) is 31.6. The average Bonchev–Trinajstić information content (AvgIpc) is 2.60. The first-order valence-corrected chi connectivity index (χ1v) is 7.03. The molecule has 0 amide bonds. The maximum absolute atomic E-state index is 12.4. The Morgan fingerprint density at radius 1 is 1.25 bits per heavy atom. The van der Waals surface area contributed by atoms with E-state index >= 15 is 0 Å². The third-order valence-corrected chi connectivity index (χ3v) is 5.53. The molecule has 1 aromatic carbocycles. The molecule has 4 atom stereocenters. The van der Waals surface area contributed by atoms with Gasteiger partial charge in [0, 0.05) is 16.2 Å². The number of rotatable bonds is 2. The lowest BCUT2D eigenvalue weighted by Gasteiger charge is -2.17. The van der Waals surface area contributed by atoms with Crippen LogP contribution in [-0.4, -0.2) is 15.5 Å². The Kier molecular flexibility index (Phi) is 3.45. The van der Waals surface area contributed by atoms with E-state index in [1.165, 1.54) is 5.56 Å². The van der Waals surface area contributed by atoms with Gasteiger partial charge in [0.2, 0.25) is 0 Å². The van der Waals surface area contributed by atoms with Crippen LogP contribution in [0.1, 0.15) is 25.3 Å². The number of aryl methyl sites for hydroxylation is 1. The molecular formula is C13H19NOS. The fourth-order valence-corrected chi connectivity index (χ4v) is 4.00. The van der Waals surface area contributed by atoms with Gasteiger partial charge in [0.1, 0.15) is 0 Å². The Hall–Kier alpha value is -0.670. The van der Waals surface area contributed by atoms with Gasteiger partial charge in [-0.3, -0.25) is 4.21 Å². The molecule has 1 aliphatic carbocycles. The van der Waals surface area contributed by atoms with Crippen LogP contribution in [0.5, 0.6) is 0 Å². The van der Waals surface area contributed by atoms with Crippen LogP contribution in [0.25, 0.3) is 0 Å². The molecule has 1 aliphatic rings. The molecular weight excluding hydrogens is 218 g/mol. The quantitative estimate of drug-likeness (QED) is 0.857. The molecule has 1 fully saturated rings. The summed E-state index contributed by atoms with van der Waals surface area (Å²) < 4.78 is 12.4. The molecule has 3 heteroatoms. The molecule has 0 radical (unpaired) electrons. The van der Waals surface area contributed by atoms with E-state index in [1.807, 2.05) is 31.2 Å². The molecule has 0 spiro atoms. The molecule has 16 heavy (non-hydrogen) atoms. The van der Waals surface area contributed by atoms with E-state index in [1.54, 1.807) is 0 Å². The van der Waals surface area contributed by atoms with Gasteiger partial charge >= 0.3 is 0 Å². The standard InChI is InChI=1S/C13H19NOS/c1-9-3-5-11(6-4-9)16(15)13-8-7-12(14)10(13)2/h3-6,10,12-13H,7-8,14H2,1-2H3. The van der Waals surface area contributed by atoms with Gasteiger partial charge in [-0.25, -0.2) is 0 Å². The topological polar surface area (TPSA) is 43.1 Å². The maximum Gasteiger partial charge on any atom is 0.0564 e. The van der Waals surface area contributed by atoms with Gasteiger partial charge in [-0.15, -0.1) is 0 Å². The lowest BCUT2D eigenvalue weighted by Crippen LogP contribution is -2.29. The van der Waals surface area contributed by atoms with Crippen molar-refractivity contribution in [3.63, 3.8) is 0 Å². The highest BCUT2D eigenvalue weighted by molar-refractivity contribution is 7.85. The second kappa shape index (κ2) is 4.68. The first-order chi connectivity index (χ1) is 7.59. The van der Waals surface area contributed by atoms with E-state index in [0.717, 1.165) is 17.7 Å². The summed E-state index contributed by atoms with van der Waals surface area (Å²) >= 11 is 0. The van der Waals surface area contributed by atoms with Crippen molar-refractivity contribution in [3.05, 3.63) is 29.8 Å². The van der Waals surface area contributed by atoms with E-state index in [2.05, 4.69) is 6.92 Å². The van der Waals surface area contributed by atoms with Crippen LogP contribution in [0.4, 0.5) is 0 Å². The highest BCUT2D eigenvalue weighted by Gasteiger charge is 2.34. The van der Waals surface area contributed by atoms with Crippen molar-refractivity contribution >= 4 is 10.8 Å². The summed E-state index contributed by atoms with van der Waals surface area (Å²) in [4.78, 5) is 0.941. The Labute approximate surface area is 99.7 Å². The zero-order valence-electron chi connectivity index (χ0n) is 9.85. The number of benzene rings is 1. The van der Waals surface area contributed by atoms with Crippen LogP contribution in [-0.2, 0) is 10.8 Å². The predicted molar refractivity (Wildman–Crippen MR) is 67.7 cm³/mol. The lowest BCUT2D eigenvalue weighted by molar-refractivity contribution is 0.526. The van der Waals surface area contributed by atoms with Gasteiger partial charge < -0.3 is 5.73 Å². The lowest BCUT2D eigenvalue weighted by atomic mass is 10.1. The Balaban J connectivity index is 2.16. The smallest absolute Gasteiger partial charge is 0.0564 e. The van der Waals surface area contributed by atoms with Crippen molar-refractivity contribution in [1.29, 1.82) is 0 Å². The van der Waals surface area contributed by atoms with Crippen molar-refractivity contribution in [2.75, 3.05) is 0 Å². The fraction of sp³-hybridized carbons (Fsp3) is 0.538. The van der Waals surface area contributed by atoms with Crippen LogP contribution in [0.15, 0.2) is 29.2 Å². The molecule has 0 bridgehead atoms. The minimum Gasteiger partial charge on any atom is -0.327 e. The zero-order valence-corrected chi connectivity index (χ0v) is 10.7. The minimum absolute atomic E-state index is 0.222. The molecule has 1 aromatic rings. The van der Waals surface area contributed by atoms with Crippen molar-refractivity contribution in [1.82, 2.24) is 0 Å². The third kappa shape index (κ3) is 2.20. The van der Waals surface area contributed by atoms with Gasteiger partial charge in [0.15, 0.2) is 0 Å². The Morgan fingerprint density at radius 3 is 2.38 bits per heavy atom. The average molecular weight is 237 g/mol. The summed E-state index contributed by atoms with van der Waals surface area (Å²) in [6.45, 7) is 4.16. The van der Waals surface area contributed by atoms with Gasteiger partial charge in [-0.05, 0) is 37.8 Å². The summed E-state index contributed by atoms with van der Waals surface area (Å²) in [6, 6.07) is 8.21. The third-order valence-electron chi connectivity index (χ3n) is 3.57. The summed E-state index contributed by atoms with van der Waals surface area (Å²) in [7, 11) is -0.898. The van der Waals surface area contributed by atoms with Gasteiger partial charge in [-0.2, -0.15) is 0 Å². The molecule has 0 aliphatic heterocycles. The SMILES string of the molecule is Cc1ccc(S(=O)C2CCC(N)C2C)cc1. The van der Waals surface area contributed by atoms with E-state index in [4.69, 9.17) is 5.73 Å². The molecule has 2 N–H and O–H groups in total. The molecule has 88 valence electrons. The van der Waals surface area contributed by atoms with Crippen LogP contribution in [0.2, 0.25) is 0 Å². The molecule has 2 nitrogen and oxygen atoms in total. The van der Waals surface area contributed by atoms with E-state index < -0.39 is 10.8 Å². The number of hydrogen-bond donors (Lipinski definition) is 1. The molecule has 2 rings (SSSR count). The van der Waals surface area contributed by atoms with E-state index in [9.17, 15) is 4.21 Å². The monoisotopic (exact) mass is 237 g/mol. The van der Waals surface area contributed by atoms with Gasteiger partial charge in [0.25, 0.3) is 0 Å². The number of hydrogen-bond acceptors (Lipinski definition) is 2. The predicted octanol–water partition coefficient (Wildman–Crippen LogP) is 2.23. The zero-order chi connectivity index (χ0) is 11.7. The molecule has 0 aromatic heterocycles. The first kappa shape index (κ1) is 11.8. The highest BCUT2D eigenvalue weighted by atomic mass is 32.2. The van der Waals surface area contributed by atoms with Crippen molar-refractivity contribution in [3.8, 4) is 0 Å². The van der Waals surface area contributed by atoms with E-state index in [-0.39, 0.29) is 11.3 Å². The molecule has 1 saturated carbocycles. The van der Waals surface area contributed by atoms with Gasteiger partial charge in [-0.1, -0.05) is 24.6 Å². The van der Waals surface area contributed by atoms with E-state index in [0.29, 0.717) is 5.92 Å². The van der Waals surface area contributed by atoms with Crippen molar-refractivity contribution < 1.29 is 4.21 Å². The molecule has 4 unspecified atom stereocenters. The van der Waals surface area contributed by atoms with Crippen LogP contribution < -0.4 is 5.73 Å². The molecule has 0 heterocycles. The van der Waals surface area contributed by atoms with Crippen molar-refractivity contribution in [2.45, 2.75) is 42.9 Å². The first-order valence-electron chi connectivity index (χ1n) is 5.82. The highest BCUT2D eigenvalue weighted by Crippen LogP contribution is 2.31. The van der Waals surface area contributed by atoms with Crippen LogP contribution in [0.3, 0.4) is 0 Å². The number of nitrogens with two attached hydrogens (primary N) is 1. The van der Waals surface area contributed by atoms with Crippen LogP contribution in [0, 0.1) is 12.8 Å². The van der Waals surface area contributed by atoms with Crippen LogP contribution >= 0.6 is 0 Å². The summed E-state index contributed by atoms with van der Waals surface area (Å²) in [6.07, 6.45) is 1.99. The maximum atomic E-state index is 12.4. The molecule has 0 saturated heterocycles. The largest absolute Gasteiger partial charge is 0.327 e. The Bertz CT molecular complexity index is 387. The second-order valence-electron chi connectivity index (χ2n) is 4.75. The second-order valence-corrected chi connectivity index (χ2v) is 6.42. The van der Waals surface area contributed by atoms with Gasteiger partial charge in [0.05, 0.1) is 10.8 Å². The minimum atomic E-state index is -0.898.